The van der Waals surface area contributed by atoms with Crippen LogP contribution in [0.4, 0.5) is 0 Å². The molecule has 3 rings (SSSR count). The van der Waals surface area contributed by atoms with E-state index < -0.39 is 6.10 Å². The van der Waals surface area contributed by atoms with Gasteiger partial charge in [-0.05, 0) is 37.5 Å². The molecule has 0 aliphatic rings. The molecule has 0 aliphatic heterocycles. The summed E-state index contributed by atoms with van der Waals surface area (Å²) >= 11 is 0. The van der Waals surface area contributed by atoms with Crippen molar-refractivity contribution >= 4 is 11.0 Å². The van der Waals surface area contributed by atoms with Crippen LogP contribution in [0.2, 0.25) is 0 Å². The first-order valence-corrected chi connectivity index (χ1v) is 7.96. The number of benzene rings is 2. The van der Waals surface area contributed by atoms with E-state index in [0.29, 0.717) is 18.8 Å². The van der Waals surface area contributed by atoms with E-state index in [-0.39, 0.29) is 6.61 Å². The predicted octanol–water partition coefficient (Wildman–Crippen LogP) is 2.83. The Morgan fingerprint density at radius 3 is 2.57 bits per heavy atom. The fourth-order valence-corrected chi connectivity index (χ4v) is 2.84. The molecule has 0 spiro atoms. The average molecular weight is 310 g/mol. The van der Waals surface area contributed by atoms with Crippen molar-refractivity contribution < 1.29 is 10.2 Å². The minimum absolute atomic E-state index is 0.126. The quantitative estimate of drug-likeness (QED) is 0.736. The molecular weight excluding hydrogens is 288 g/mol. The van der Waals surface area contributed by atoms with Gasteiger partial charge in [-0.3, -0.25) is 0 Å². The summed E-state index contributed by atoms with van der Waals surface area (Å²) in [4.78, 5) is 4.41. The molecule has 2 N–H and O–H groups in total. The Hall–Kier alpha value is -2.17. The summed E-state index contributed by atoms with van der Waals surface area (Å²) in [6, 6.07) is 16.2. The third kappa shape index (κ3) is 3.60. The zero-order valence-electron chi connectivity index (χ0n) is 13.3. The van der Waals surface area contributed by atoms with Crippen molar-refractivity contribution in [3.8, 4) is 0 Å². The van der Waals surface area contributed by atoms with Gasteiger partial charge in [-0.15, -0.1) is 0 Å². The zero-order valence-corrected chi connectivity index (χ0v) is 13.3. The van der Waals surface area contributed by atoms with Crippen molar-refractivity contribution in [2.75, 3.05) is 0 Å². The molecule has 0 aliphatic carbocycles. The highest BCUT2D eigenvalue weighted by atomic mass is 16.3. The molecule has 0 fully saturated rings. The van der Waals surface area contributed by atoms with Gasteiger partial charge in [0.15, 0.2) is 0 Å². The molecule has 2 aromatic carbocycles. The Bertz CT molecular complexity index is 778. The maximum absolute atomic E-state index is 10.4. The number of nitrogens with zero attached hydrogens (tertiary/aromatic N) is 2. The summed E-state index contributed by atoms with van der Waals surface area (Å²) < 4.78 is 1.91. The first kappa shape index (κ1) is 15.7. The number of aromatic nitrogens is 2. The summed E-state index contributed by atoms with van der Waals surface area (Å²) in [5, 5.41) is 19.9. The van der Waals surface area contributed by atoms with E-state index in [9.17, 15) is 10.2 Å². The van der Waals surface area contributed by atoms with Gasteiger partial charge in [0.1, 0.15) is 12.4 Å². The average Bonchev–Trinajstić information content (AvgIpc) is 2.92. The number of aliphatic hydroxyl groups is 2. The molecule has 4 nitrogen and oxygen atoms in total. The largest absolute Gasteiger partial charge is 0.391 e. The molecular formula is C19H22N2O2. The number of aryl methyl sites for hydroxylation is 2. The lowest BCUT2D eigenvalue weighted by Crippen LogP contribution is -2.18. The van der Waals surface area contributed by atoms with Crippen LogP contribution in [0, 0.1) is 6.92 Å². The molecule has 0 bridgehead atoms. The highest BCUT2D eigenvalue weighted by molar-refractivity contribution is 5.75. The fraction of sp³-hybridized carbons (Fsp3) is 0.316. The van der Waals surface area contributed by atoms with Crippen molar-refractivity contribution in [1.82, 2.24) is 9.55 Å². The highest BCUT2D eigenvalue weighted by Gasteiger charge is 2.13. The highest BCUT2D eigenvalue weighted by Crippen LogP contribution is 2.18. The van der Waals surface area contributed by atoms with E-state index in [1.807, 2.05) is 28.8 Å². The lowest BCUT2D eigenvalue weighted by atomic mass is 10.1. The molecule has 4 heteroatoms. The van der Waals surface area contributed by atoms with Crippen LogP contribution >= 0.6 is 0 Å². The lowest BCUT2D eigenvalue weighted by molar-refractivity contribution is 0.142. The number of aliphatic hydroxyl groups excluding tert-OH is 2. The third-order valence-electron chi connectivity index (χ3n) is 4.16. The number of fused-ring (bicyclic) bond motifs is 1. The molecule has 120 valence electrons. The van der Waals surface area contributed by atoms with E-state index >= 15 is 0 Å². The van der Waals surface area contributed by atoms with Gasteiger partial charge < -0.3 is 14.8 Å². The Kier molecular flexibility index (Phi) is 4.74. The topological polar surface area (TPSA) is 58.3 Å². The van der Waals surface area contributed by atoms with Crippen molar-refractivity contribution in [1.29, 1.82) is 0 Å². The van der Waals surface area contributed by atoms with Crippen LogP contribution in [0.15, 0.2) is 48.5 Å². The second-order valence-electron chi connectivity index (χ2n) is 5.96. The van der Waals surface area contributed by atoms with Crippen LogP contribution in [0.1, 0.15) is 23.4 Å². The van der Waals surface area contributed by atoms with Crippen LogP contribution in [-0.4, -0.2) is 25.9 Å². The minimum atomic E-state index is -0.473. The van der Waals surface area contributed by atoms with Crippen molar-refractivity contribution in [3.63, 3.8) is 0 Å². The predicted molar refractivity (Wildman–Crippen MR) is 91.2 cm³/mol. The Morgan fingerprint density at radius 1 is 1.09 bits per heavy atom. The Labute approximate surface area is 136 Å². The second-order valence-corrected chi connectivity index (χ2v) is 5.96. The van der Waals surface area contributed by atoms with Gasteiger partial charge in [0.25, 0.3) is 0 Å². The lowest BCUT2D eigenvalue weighted by Gasteiger charge is -2.14. The third-order valence-corrected chi connectivity index (χ3v) is 4.16. The van der Waals surface area contributed by atoms with E-state index in [4.69, 9.17) is 0 Å². The molecule has 1 unspecified atom stereocenters. The van der Waals surface area contributed by atoms with Gasteiger partial charge in [-0.1, -0.05) is 42.0 Å². The second kappa shape index (κ2) is 6.94. The van der Waals surface area contributed by atoms with E-state index in [0.717, 1.165) is 17.5 Å². The normalized spacial score (nSPS) is 12.7. The molecule has 23 heavy (non-hydrogen) atoms. The SMILES string of the molecule is Cc1ccc(CCC(O)Cn2c(CO)nc3ccccc32)cc1. The van der Waals surface area contributed by atoms with Crippen molar-refractivity contribution in [2.45, 2.75) is 39.0 Å². The van der Waals surface area contributed by atoms with E-state index in [1.165, 1.54) is 11.1 Å². The van der Waals surface area contributed by atoms with Gasteiger partial charge >= 0.3 is 0 Å². The van der Waals surface area contributed by atoms with Gasteiger partial charge in [0.05, 0.1) is 23.7 Å². The summed E-state index contributed by atoms with van der Waals surface area (Å²) in [7, 11) is 0. The van der Waals surface area contributed by atoms with Gasteiger partial charge in [-0.25, -0.2) is 4.98 Å². The summed E-state index contributed by atoms with van der Waals surface area (Å²) in [6.07, 6.45) is 1.04. The van der Waals surface area contributed by atoms with Gasteiger partial charge in [0.2, 0.25) is 0 Å². The number of hydrogen-bond donors (Lipinski definition) is 2. The first-order chi connectivity index (χ1) is 11.2. The summed E-state index contributed by atoms with van der Waals surface area (Å²) in [6.45, 7) is 2.39. The molecule has 1 atom stereocenters. The summed E-state index contributed by atoms with van der Waals surface area (Å²) in [5.41, 5.74) is 4.27. The first-order valence-electron chi connectivity index (χ1n) is 7.96. The molecule has 0 radical (unpaired) electrons. The van der Waals surface area contributed by atoms with E-state index in [2.05, 4.69) is 36.2 Å². The van der Waals surface area contributed by atoms with Crippen molar-refractivity contribution in [2.24, 2.45) is 0 Å². The van der Waals surface area contributed by atoms with Crippen LogP contribution in [0.5, 0.6) is 0 Å². The maximum Gasteiger partial charge on any atom is 0.135 e. The van der Waals surface area contributed by atoms with Crippen LogP contribution in [-0.2, 0) is 19.6 Å². The zero-order chi connectivity index (χ0) is 16.2. The number of para-hydroxylation sites is 2. The fourth-order valence-electron chi connectivity index (χ4n) is 2.84. The number of hydrogen-bond acceptors (Lipinski definition) is 3. The van der Waals surface area contributed by atoms with Crippen LogP contribution < -0.4 is 0 Å². The van der Waals surface area contributed by atoms with Gasteiger partial charge in [-0.2, -0.15) is 0 Å². The smallest absolute Gasteiger partial charge is 0.135 e. The molecule has 0 saturated heterocycles. The van der Waals surface area contributed by atoms with E-state index in [1.54, 1.807) is 0 Å². The monoisotopic (exact) mass is 310 g/mol. The maximum atomic E-state index is 10.4. The molecule has 0 saturated carbocycles. The summed E-state index contributed by atoms with van der Waals surface area (Å²) in [5.74, 6) is 0.598. The molecule has 1 heterocycles. The molecule has 1 aromatic heterocycles. The number of imidazole rings is 1. The van der Waals surface area contributed by atoms with Crippen LogP contribution in [0.25, 0.3) is 11.0 Å². The number of rotatable bonds is 6. The Morgan fingerprint density at radius 2 is 1.83 bits per heavy atom. The Balaban J connectivity index is 1.70. The minimum Gasteiger partial charge on any atom is -0.391 e. The van der Waals surface area contributed by atoms with Crippen molar-refractivity contribution in [3.05, 3.63) is 65.5 Å². The van der Waals surface area contributed by atoms with Gasteiger partial charge in [0, 0.05) is 0 Å². The van der Waals surface area contributed by atoms with Crippen LogP contribution in [0.3, 0.4) is 0 Å². The molecule has 0 amide bonds. The molecule has 3 aromatic rings. The standard InChI is InChI=1S/C19H22N2O2/c1-14-6-8-15(9-7-14)10-11-16(23)12-21-18-5-3-2-4-17(18)20-19(21)13-22/h2-9,16,22-23H,10-13H2,1H3.